The number of nitrogens with zero attached hydrogens (tertiary/aromatic N) is 2. The molecule has 0 spiro atoms. The van der Waals surface area contributed by atoms with Crippen LogP contribution in [0.4, 0.5) is 0 Å². The molecule has 1 aromatic heterocycles. The zero-order chi connectivity index (χ0) is 9.97. The fourth-order valence-electron chi connectivity index (χ4n) is 1.43. The monoisotopic (exact) mass is 195 g/mol. The Balaban J connectivity index is 1.95. The van der Waals surface area contributed by atoms with E-state index in [4.69, 9.17) is 4.52 Å². The highest BCUT2D eigenvalue weighted by atomic mass is 16.5. The number of nitrogens with one attached hydrogen (secondary N) is 1. The zero-order valence-electron chi connectivity index (χ0n) is 8.79. The second-order valence-electron chi connectivity index (χ2n) is 4.12. The maximum absolute atomic E-state index is 5.21. The Bertz CT molecular complexity index is 293. The average molecular weight is 195 g/mol. The van der Waals surface area contributed by atoms with E-state index in [-0.39, 0.29) is 0 Å². The van der Waals surface area contributed by atoms with Gasteiger partial charge in [-0.2, -0.15) is 4.98 Å². The Morgan fingerprint density at radius 3 is 2.93 bits per heavy atom. The van der Waals surface area contributed by atoms with Crippen LogP contribution < -0.4 is 5.32 Å². The molecule has 1 saturated heterocycles. The van der Waals surface area contributed by atoms with Crippen LogP contribution in [0.3, 0.4) is 0 Å². The third-order valence-electron chi connectivity index (χ3n) is 2.85. The smallest absolute Gasteiger partial charge is 0.226 e. The average Bonchev–Trinajstić information content (AvgIpc) is 2.50. The summed E-state index contributed by atoms with van der Waals surface area (Å²) in [6.07, 6.45) is 2.06. The van der Waals surface area contributed by atoms with Gasteiger partial charge in [-0.1, -0.05) is 25.4 Å². The van der Waals surface area contributed by atoms with Gasteiger partial charge in [0.25, 0.3) is 0 Å². The van der Waals surface area contributed by atoms with Crippen molar-refractivity contribution >= 4 is 0 Å². The van der Waals surface area contributed by atoms with Crippen LogP contribution >= 0.6 is 0 Å². The number of hydrogen-bond donors (Lipinski definition) is 1. The molecule has 1 aliphatic rings. The molecular formula is C10H17N3O. The normalized spacial score (nSPS) is 19.3. The van der Waals surface area contributed by atoms with Crippen LogP contribution in [0, 0.1) is 5.92 Å². The summed E-state index contributed by atoms with van der Waals surface area (Å²) in [4.78, 5) is 4.40. The summed E-state index contributed by atoms with van der Waals surface area (Å²) in [6.45, 7) is 6.36. The lowest BCUT2D eigenvalue weighted by atomic mass is 10.0. The third kappa shape index (κ3) is 1.95. The fraction of sp³-hybridized carbons (Fsp3) is 0.800. The highest BCUT2D eigenvalue weighted by Gasteiger charge is 2.24. The summed E-state index contributed by atoms with van der Waals surface area (Å²) in [5, 5.41) is 7.20. The largest absolute Gasteiger partial charge is 0.339 e. The Morgan fingerprint density at radius 1 is 1.57 bits per heavy atom. The lowest BCUT2D eigenvalue weighted by Crippen LogP contribution is -2.40. The van der Waals surface area contributed by atoms with Crippen LogP contribution in [0.25, 0.3) is 0 Å². The van der Waals surface area contributed by atoms with Gasteiger partial charge in [-0.05, 0) is 5.92 Å². The summed E-state index contributed by atoms with van der Waals surface area (Å²) >= 11 is 0. The SMILES string of the molecule is CCC(C)Cc1nc(C2CNC2)no1. The Kier molecular flexibility index (Phi) is 2.82. The molecule has 4 heteroatoms. The Hall–Kier alpha value is -0.900. The lowest BCUT2D eigenvalue weighted by molar-refractivity contribution is 0.341. The van der Waals surface area contributed by atoms with Crippen molar-refractivity contribution < 1.29 is 4.52 Å². The second kappa shape index (κ2) is 4.09. The van der Waals surface area contributed by atoms with Gasteiger partial charge in [0, 0.05) is 25.4 Å². The molecule has 2 heterocycles. The summed E-state index contributed by atoms with van der Waals surface area (Å²) in [5.74, 6) is 2.77. The molecule has 1 fully saturated rings. The predicted molar refractivity (Wildman–Crippen MR) is 53.1 cm³/mol. The van der Waals surface area contributed by atoms with E-state index in [0.717, 1.165) is 37.6 Å². The molecular weight excluding hydrogens is 178 g/mol. The standard InChI is InChI=1S/C10H17N3O/c1-3-7(2)4-9-12-10(13-14-9)8-5-11-6-8/h7-8,11H,3-6H2,1-2H3. The summed E-state index contributed by atoms with van der Waals surface area (Å²) < 4.78 is 5.21. The molecule has 1 N–H and O–H groups in total. The summed E-state index contributed by atoms with van der Waals surface area (Å²) in [5.41, 5.74) is 0. The highest BCUT2D eigenvalue weighted by Crippen LogP contribution is 2.17. The van der Waals surface area contributed by atoms with E-state index in [1.807, 2.05) is 0 Å². The zero-order valence-corrected chi connectivity index (χ0v) is 8.79. The van der Waals surface area contributed by atoms with Crippen molar-refractivity contribution in [2.24, 2.45) is 5.92 Å². The first-order valence-corrected chi connectivity index (χ1v) is 5.32. The van der Waals surface area contributed by atoms with Crippen molar-refractivity contribution in [1.82, 2.24) is 15.5 Å². The van der Waals surface area contributed by atoms with Gasteiger partial charge in [0.2, 0.25) is 5.89 Å². The van der Waals surface area contributed by atoms with Crippen molar-refractivity contribution in [1.29, 1.82) is 0 Å². The molecule has 4 nitrogen and oxygen atoms in total. The van der Waals surface area contributed by atoms with E-state index in [1.54, 1.807) is 0 Å². The molecule has 0 aliphatic carbocycles. The van der Waals surface area contributed by atoms with Crippen molar-refractivity contribution in [3.05, 3.63) is 11.7 Å². The van der Waals surface area contributed by atoms with Gasteiger partial charge < -0.3 is 9.84 Å². The van der Waals surface area contributed by atoms with E-state index in [9.17, 15) is 0 Å². The molecule has 0 radical (unpaired) electrons. The number of aromatic nitrogens is 2. The summed E-state index contributed by atoms with van der Waals surface area (Å²) in [6, 6.07) is 0. The molecule has 0 aromatic carbocycles. The van der Waals surface area contributed by atoms with Crippen molar-refractivity contribution in [2.45, 2.75) is 32.6 Å². The summed E-state index contributed by atoms with van der Waals surface area (Å²) in [7, 11) is 0. The van der Waals surface area contributed by atoms with Crippen molar-refractivity contribution in [3.8, 4) is 0 Å². The maximum Gasteiger partial charge on any atom is 0.226 e. The van der Waals surface area contributed by atoms with Crippen LogP contribution in [-0.4, -0.2) is 23.2 Å². The van der Waals surface area contributed by atoms with Crippen molar-refractivity contribution in [3.63, 3.8) is 0 Å². The maximum atomic E-state index is 5.21. The molecule has 1 aliphatic heterocycles. The molecule has 1 aromatic rings. The van der Waals surface area contributed by atoms with E-state index in [2.05, 4.69) is 29.3 Å². The van der Waals surface area contributed by atoms with E-state index >= 15 is 0 Å². The topological polar surface area (TPSA) is 51.0 Å². The minimum absolute atomic E-state index is 0.476. The van der Waals surface area contributed by atoms with Gasteiger partial charge in [-0.25, -0.2) is 0 Å². The lowest BCUT2D eigenvalue weighted by Gasteiger charge is -2.23. The molecule has 1 unspecified atom stereocenters. The number of hydrogen-bond acceptors (Lipinski definition) is 4. The van der Waals surface area contributed by atoms with Crippen LogP contribution in [0.2, 0.25) is 0 Å². The van der Waals surface area contributed by atoms with E-state index in [0.29, 0.717) is 11.8 Å². The van der Waals surface area contributed by atoms with E-state index in [1.165, 1.54) is 0 Å². The molecule has 0 bridgehead atoms. The third-order valence-corrected chi connectivity index (χ3v) is 2.85. The Morgan fingerprint density at radius 2 is 2.36 bits per heavy atom. The predicted octanol–water partition coefficient (Wildman–Crippen LogP) is 1.34. The van der Waals surface area contributed by atoms with E-state index < -0.39 is 0 Å². The Labute approximate surface area is 84.1 Å². The number of rotatable bonds is 4. The first-order chi connectivity index (χ1) is 6.79. The first-order valence-electron chi connectivity index (χ1n) is 5.32. The van der Waals surface area contributed by atoms with Crippen LogP contribution in [0.15, 0.2) is 4.52 Å². The highest BCUT2D eigenvalue weighted by molar-refractivity contribution is 5.02. The van der Waals surface area contributed by atoms with Gasteiger partial charge in [0.15, 0.2) is 5.82 Å². The molecule has 0 amide bonds. The van der Waals surface area contributed by atoms with Crippen molar-refractivity contribution in [2.75, 3.05) is 13.1 Å². The van der Waals surface area contributed by atoms with Gasteiger partial charge in [-0.15, -0.1) is 0 Å². The second-order valence-corrected chi connectivity index (χ2v) is 4.12. The molecule has 1 atom stereocenters. The quantitative estimate of drug-likeness (QED) is 0.787. The molecule has 0 saturated carbocycles. The van der Waals surface area contributed by atoms with Gasteiger partial charge in [-0.3, -0.25) is 0 Å². The van der Waals surface area contributed by atoms with Crippen LogP contribution in [0.5, 0.6) is 0 Å². The van der Waals surface area contributed by atoms with Crippen LogP contribution in [0.1, 0.15) is 37.9 Å². The van der Waals surface area contributed by atoms with Gasteiger partial charge >= 0.3 is 0 Å². The molecule has 14 heavy (non-hydrogen) atoms. The van der Waals surface area contributed by atoms with Crippen LogP contribution in [-0.2, 0) is 6.42 Å². The molecule has 78 valence electrons. The molecule has 2 rings (SSSR count). The minimum atomic E-state index is 0.476. The first kappa shape index (κ1) is 9.65. The minimum Gasteiger partial charge on any atom is -0.339 e. The fourth-order valence-corrected chi connectivity index (χ4v) is 1.43. The van der Waals surface area contributed by atoms with Gasteiger partial charge in [0.05, 0.1) is 0 Å². The van der Waals surface area contributed by atoms with Gasteiger partial charge in [0.1, 0.15) is 0 Å².